The average molecular weight is 489 g/mol. The third-order valence-corrected chi connectivity index (χ3v) is 6.80. The maximum absolute atomic E-state index is 13.3. The van der Waals surface area contributed by atoms with Crippen LogP contribution in [0.5, 0.6) is 0 Å². The lowest BCUT2D eigenvalue weighted by Crippen LogP contribution is -2.42. The quantitative estimate of drug-likeness (QED) is 0.478. The van der Waals surface area contributed by atoms with E-state index in [1.165, 1.54) is 0 Å². The van der Waals surface area contributed by atoms with Crippen LogP contribution in [0.1, 0.15) is 53.6 Å². The van der Waals surface area contributed by atoms with Gasteiger partial charge in [-0.05, 0) is 68.0 Å². The first kappa shape index (κ1) is 23.8. The van der Waals surface area contributed by atoms with Crippen LogP contribution >= 0.6 is 0 Å². The number of para-hydroxylation sites is 1. The molecule has 0 spiro atoms. The van der Waals surface area contributed by atoms with Crippen molar-refractivity contribution in [3.05, 3.63) is 65.2 Å². The number of carbonyl (C=O) groups is 3. The van der Waals surface area contributed by atoms with Gasteiger partial charge in [0.1, 0.15) is 5.76 Å². The van der Waals surface area contributed by atoms with Crippen LogP contribution in [-0.4, -0.2) is 54.0 Å². The molecule has 0 atom stereocenters. The van der Waals surface area contributed by atoms with Crippen LogP contribution in [0.3, 0.4) is 0 Å². The summed E-state index contributed by atoms with van der Waals surface area (Å²) in [5, 5.41) is 0.711. The molecule has 5 rings (SSSR count). The highest BCUT2D eigenvalue weighted by Crippen LogP contribution is 2.37. The number of piperidine rings is 1. The Kier molecular flexibility index (Phi) is 6.84. The lowest BCUT2D eigenvalue weighted by molar-refractivity contribution is -0.151. The summed E-state index contributed by atoms with van der Waals surface area (Å²) in [6, 6.07) is 11.2. The number of hydrogen-bond acceptors (Lipinski definition) is 7. The summed E-state index contributed by atoms with van der Waals surface area (Å²) in [5.74, 6) is -0.465. The molecule has 1 aromatic carbocycles. The Morgan fingerprint density at radius 1 is 1.08 bits per heavy atom. The number of aromatic nitrogens is 1. The standard InChI is InChI=1S/C28H28N2O6/c1-2-34-27(32)18-11-13-30(14-12-18)24(31)17-36-28(33)25-21-7-3-4-8-23(21)29-26-19(9-10-22(25)26)16-20-6-5-15-35-20/h3-8,15-16,18H,2,9-14,17H2,1H3/b19-16+. The van der Waals surface area contributed by atoms with E-state index in [1.807, 2.05) is 42.5 Å². The number of likely N-dealkylation sites (tertiary alicyclic amines) is 1. The molecule has 3 heterocycles. The number of nitrogens with zero attached hydrogens (tertiary/aromatic N) is 2. The number of amides is 1. The van der Waals surface area contributed by atoms with Gasteiger partial charge < -0.3 is 18.8 Å². The normalized spacial score (nSPS) is 16.8. The number of furan rings is 1. The minimum Gasteiger partial charge on any atom is -0.466 e. The van der Waals surface area contributed by atoms with Gasteiger partial charge in [-0.1, -0.05) is 18.2 Å². The minimum absolute atomic E-state index is 0.189. The summed E-state index contributed by atoms with van der Waals surface area (Å²) in [6.45, 7) is 2.66. The van der Waals surface area contributed by atoms with E-state index in [0.717, 1.165) is 29.0 Å². The zero-order valence-corrected chi connectivity index (χ0v) is 20.2. The van der Waals surface area contributed by atoms with Crippen molar-refractivity contribution in [2.24, 2.45) is 5.92 Å². The minimum atomic E-state index is -0.529. The van der Waals surface area contributed by atoms with Gasteiger partial charge in [-0.25, -0.2) is 9.78 Å². The second-order valence-electron chi connectivity index (χ2n) is 9.00. The summed E-state index contributed by atoms with van der Waals surface area (Å²) in [6.07, 6.45) is 6.05. The molecule has 1 saturated heterocycles. The highest BCUT2D eigenvalue weighted by Gasteiger charge is 2.30. The Labute approximate surface area is 208 Å². The third-order valence-electron chi connectivity index (χ3n) is 6.80. The summed E-state index contributed by atoms with van der Waals surface area (Å²) in [4.78, 5) is 44.5. The molecule has 2 aliphatic rings. The number of allylic oxidation sites excluding steroid dienone is 1. The first-order valence-corrected chi connectivity index (χ1v) is 12.3. The third kappa shape index (κ3) is 4.76. The maximum atomic E-state index is 13.3. The van der Waals surface area contributed by atoms with Crippen molar-refractivity contribution in [1.29, 1.82) is 0 Å². The number of fused-ring (bicyclic) bond motifs is 2. The van der Waals surface area contributed by atoms with Crippen LogP contribution in [-0.2, 0) is 25.5 Å². The lowest BCUT2D eigenvalue weighted by atomic mass is 9.97. The summed E-state index contributed by atoms with van der Waals surface area (Å²) < 4.78 is 16.1. The van der Waals surface area contributed by atoms with Gasteiger partial charge in [-0.2, -0.15) is 0 Å². The number of ether oxygens (including phenoxy) is 2. The van der Waals surface area contributed by atoms with E-state index in [-0.39, 0.29) is 24.4 Å². The van der Waals surface area contributed by atoms with Crippen LogP contribution in [0.25, 0.3) is 22.6 Å². The average Bonchev–Trinajstić information content (AvgIpc) is 3.56. The molecule has 0 N–H and O–H groups in total. The SMILES string of the molecule is CCOC(=O)C1CCN(C(=O)COC(=O)c2c3c(nc4ccccc24)/C(=C/c2ccco2)CC3)CC1. The van der Waals surface area contributed by atoms with Crippen LogP contribution in [0.4, 0.5) is 0 Å². The fraction of sp³-hybridized carbons (Fsp3) is 0.357. The number of esters is 2. The zero-order chi connectivity index (χ0) is 25.1. The second-order valence-corrected chi connectivity index (χ2v) is 9.00. The topological polar surface area (TPSA) is 98.9 Å². The van der Waals surface area contributed by atoms with E-state index < -0.39 is 5.97 Å². The van der Waals surface area contributed by atoms with E-state index in [1.54, 1.807) is 18.1 Å². The lowest BCUT2D eigenvalue weighted by Gasteiger charge is -2.30. The van der Waals surface area contributed by atoms with Crippen molar-refractivity contribution in [3.63, 3.8) is 0 Å². The van der Waals surface area contributed by atoms with Gasteiger partial charge in [0.2, 0.25) is 0 Å². The van der Waals surface area contributed by atoms with Crippen LogP contribution in [0.15, 0.2) is 47.1 Å². The summed E-state index contributed by atoms with van der Waals surface area (Å²) in [7, 11) is 0. The summed E-state index contributed by atoms with van der Waals surface area (Å²) in [5.41, 5.74) is 3.76. The van der Waals surface area contributed by atoms with E-state index in [0.29, 0.717) is 55.4 Å². The largest absolute Gasteiger partial charge is 0.466 e. The molecule has 2 aromatic heterocycles. The molecule has 1 amide bonds. The number of benzene rings is 1. The van der Waals surface area contributed by atoms with Crippen molar-refractivity contribution in [1.82, 2.24) is 9.88 Å². The number of carbonyl (C=O) groups excluding carboxylic acids is 3. The van der Waals surface area contributed by atoms with E-state index in [4.69, 9.17) is 18.9 Å². The molecule has 1 fully saturated rings. The first-order chi connectivity index (χ1) is 17.5. The van der Waals surface area contributed by atoms with Crippen molar-refractivity contribution in [2.75, 3.05) is 26.3 Å². The molecule has 1 aliphatic heterocycles. The Bertz CT molecular complexity index is 1320. The molecule has 3 aromatic rings. The van der Waals surface area contributed by atoms with Gasteiger partial charge in [-0.15, -0.1) is 0 Å². The molecule has 186 valence electrons. The van der Waals surface area contributed by atoms with Crippen molar-refractivity contribution >= 4 is 40.4 Å². The van der Waals surface area contributed by atoms with E-state index in [9.17, 15) is 14.4 Å². The Balaban J connectivity index is 1.32. The summed E-state index contributed by atoms with van der Waals surface area (Å²) >= 11 is 0. The van der Waals surface area contributed by atoms with Crippen molar-refractivity contribution < 1.29 is 28.3 Å². The van der Waals surface area contributed by atoms with Gasteiger partial charge >= 0.3 is 11.9 Å². The predicted molar refractivity (Wildman–Crippen MR) is 133 cm³/mol. The Hall–Kier alpha value is -3.94. The highest BCUT2D eigenvalue weighted by atomic mass is 16.5. The van der Waals surface area contributed by atoms with Crippen molar-refractivity contribution in [3.8, 4) is 0 Å². The van der Waals surface area contributed by atoms with E-state index in [2.05, 4.69) is 0 Å². The molecular weight excluding hydrogens is 460 g/mol. The van der Waals surface area contributed by atoms with Crippen LogP contribution < -0.4 is 0 Å². The smallest absolute Gasteiger partial charge is 0.339 e. The molecular formula is C28H28N2O6. The molecule has 0 bridgehead atoms. The highest BCUT2D eigenvalue weighted by molar-refractivity contribution is 6.07. The molecule has 1 aliphatic carbocycles. The number of rotatable bonds is 6. The van der Waals surface area contributed by atoms with E-state index >= 15 is 0 Å². The van der Waals surface area contributed by atoms with Gasteiger partial charge in [0.05, 0.1) is 35.6 Å². The fourth-order valence-corrected chi connectivity index (χ4v) is 4.97. The predicted octanol–water partition coefficient (Wildman–Crippen LogP) is 4.27. The monoisotopic (exact) mass is 488 g/mol. The van der Waals surface area contributed by atoms with Gasteiger partial charge in [0.15, 0.2) is 6.61 Å². The molecule has 36 heavy (non-hydrogen) atoms. The maximum Gasteiger partial charge on any atom is 0.339 e. The van der Waals surface area contributed by atoms with Gasteiger partial charge in [-0.3, -0.25) is 9.59 Å². The Morgan fingerprint density at radius 2 is 1.89 bits per heavy atom. The number of hydrogen-bond donors (Lipinski definition) is 0. The van der Waals surface area contributed by atoms with Gasteiger partial charge in [0, 0.05) is 18.5 Å². The van der Waals surface area contributed by atoms with Gasteiger partial charge in [0.25, 0.3) is 5.91 Å². The van der Waals surface area contributed by atoms with Crippen LogP contribution in [0.2, 0.25) is 0 Å². The van der Waals surface area contributed by atoms with Crippen molar-refractivity contribution in [2.45, 2.75) is 32.6 Å². The molecule has 0 saturated carbocycles. The van der Waals surface area contributed by atoms with Crippen LogP contribution in [0, 0.1) is 5.92 Å². The second kappa shape index (κ2) is 10.4. The first-order valence-electron chi connectivity index (χ1n) is 12.3. The zero-order valence-electron chi connectivity index (χ0n) is 20.2. The fourth-order valence-electron chi connectivity index (χ4n) is 4.97. The number of pyridine rings is 1. The molecule has 8 nitrogen and oxygen atoms in total. The molecule has 0 radical (unpaired) electrons. The molecule has 8 heteroatoms. The Morgan fingerprint density at radius 3 is 2.64 bits per heavy atom. The molecule has 0 unspecified atom stereocenters.